The summed E-state index contributed by atoms with van der Waals surface area (Å²) < 4.78 is 26.7. The van der Waals surface area contributed by atoms with Gasteiger partial charge in [-0.05, 0) is 37.8 Å². The zero-order chi connectivity index (χ0) is 16.8. The van der Waals surface area contributed by atoms with Crippen molar-refractivity contribution < 1.29 is 13.2 Å². The maximum absolute atomic E-state index is 12.3. The molecule has 2 bridgehead atoms. The number of aryl methyl sites for hydroxylation is 1. The van der Waals surface area contributed by atoms with Crippen LogP contribution >= 0.6 is 0 Å². The molecule has 0 spiro atoms. The fourth-order valence-corrected chi connectivity index (χ4v) is 5.29. The Bertz CT molecular complexity index is 772. The van der Waals surface area contributed by atoms with Gasteiger partial charge in [0.05, 0.1) is 6.26 Å². The van der Waals surface area contributed by atoms with Gasteiger partial charge in [-0.3, -0.25) is 9.59 Å². The minimum Gasteiger partial charge on any atom is -0.349 e. The van der Waals surface area contributed by atoms with Gasteiger partial charge in [-0.15, -0.1) is 0 Å². The minimum absolute atomic E-state index is 0.0485. The first kappa shape index (κ1) is 16.2. The van der Waals surface area contributed by atoms with E-state index < -0.39 is 10.0 Å². The number of fused-ring (bicyclic) bond motifs is 2. The number of aromatic nitrogens is 1. The van der Waals surface area contributed by atoms with E-state index in [0.29, 0.717) is 12.8 Å². The quantitative estimate of drug-likeness (QED) is 0.844. The molecule has 1 aromatic rings. The lowest BCUT2D eigenvalue weighted by Crippen LogP contribution is -2.52. The molecule has 2 fully saturated rings. The van der Waals surface area contributed by atoms with Crippen LogP contribution in [0.5, 0.6) is 0 Å². The molecule has 0 aromatic carbocycles. The molecule has 126 valence electrons. The first-order valence-corrected chi connectivity index (χ1v) is 9.57. The van der Waals surface area contributed by atoms with Crippen molar-refractivity contribution >= 4 is 15.9 Å². The number of piperidine rings is 1. The zero-order valence-electron chi connectivity index (χ0n) is 13.2. The molecule has 3 rings (SSSR count). The van der Waals surface area contributed by atoms with E-state index in [4.69, 9.17) is 0 Å². The normalized spacial score (nSPS) is 27.8. The first-order valence-electron chi connectivity index (χ1n) is 7.72. The maximum atomic E-state index is 12.3. The number of sulfonamides is 1. The van der Waals surface area contributed by atoms with E-state index in [-0.39, 0.29) is 35.2 Å². The molecule has 0 radical (unpaired) electrons. The van der Waals surface area contributed by atoms with Gasteiger partial charge in [0.2, 0.25) is 10.0 Å². The number of hydrogen-bond acceptors (Lipinski definition) is 4. The number of nitrogens with zero attached hydrogens (tertiary/aromatic N) is 2. The Morgan fingerprint density at radius 1 is 1.26 bits per heavy atom. The Labute approximate surface area is 135 Å². The summed E-state index contributed by atoms with van der Waals surface area (Å²) in [5, 5.41) is 2.90. The second-order valence-corrected chi connectivity index (χ2v) is 8.35. The van der Waals surface area contributed by atoms with Gasteiger partial charge in [0.15, 0.2) is 0 Å². The van der Waals surface area contributed by atoms with Crippen molar-refractivity contribution in [1.29, 1.82) is 0 Å². The van der Waals surface area contributed by atoms with E-state index in [0.717, 1.165) is 12.8 Å². The highest BCUT2D eigenvalue weighted by Crippen LogP contribution is 2.37. The molecule has 1 N–H and O–H groups in total. The van der Waals surface area contributed by atoms with E-state index >= 15 is 0 Å². The molecule has 1 amide bonds. The summed E-state index contributed by atoms with van der Waals surface area (Å²) in [6.45, 7) is 0. The number of carbonyl (C=O) groups excluding carboxylic acids is 1. The van der Waals surface area contributed by atoms with Crippen molar-refractivity contribution in [3.05, 3.63) is 34.2 Å². The SMILES string of the molecule is Cn1cccc(C(=O)NC2CC3CCC(C2)N3S(C)(=O)=O)c1=O. The Morgan fingerprint density at radius 2 is 1.87 bits per heavy atom. The topological polar surface area (TPSA) is 88.5 Å². The molecule has 8 heteroatoms. The largest absolute Gasteiger partial charge is 0.349 e. The van der Waals surface area contributed by atoms with Gasteiger partial charge >= 0.3 is 0 Å². The monoisotopic (exact) mass is 339 g/mol. The van der Waals surface area contributed by atoms with Crippen LogP contribution in [0.1, 0.15) is 36.0 Å². The fraction of sp³-hybridized carbons (Fsp3) is 0.600. The number of hydrogen-bond donors (Lipinski definition) is 1. The summed E-state index contributed by atoms with van der Waals surface area (Å²) in [5.74, 6) is -0.386. The third-order valence-corrected chi connectivity index (χ3v) is 6.11. The fourth-order valence-electron chi connectivity index (χ4n) is 3.83. The minimum atomic E-state index is -3.21. The molecule has 2 aliphatic heterocycles. The van der Waals surface area contributed by atoms with Gasteiger partial charge in [0.25, 0.3) is 11.5 Å². The Morgan fingerprint density at radius 3 is 2.43 bits per heavy atom. The summed E-state index contributed by atoms with van der Waals surface area (Å²) in [4.78, 5) is 24.3. The summed E-state index contributed by atoms with van der Waals surface area (Å²) in [6, 6.07) is 2.98. The van der Waals surface area contributed by atoms with E-state index in [9.17, 15) is 18.0 Å². The van der Waals surface area contributed by atoms with Crippen molar-refractivity contribution in [2.24, 2.45) is 7.05 Å². The predicted molar refractivity (Wildman–Crippen MR) is 85.7 cm³/mol. The van der Waals surface area contributed by atoms with Gasteiger partial charge < -0.3 is 9.88 Å². The molecule has 2 saturated heterocycles. The maximum Gasteiger partial charge on any atom is 0.263 e. The molecular formula is C15H21N3O4S. The third kappa shape index (κ3) is 3.05. The summed E-state index contributed by atoms with van der Waals surface area (Å²) in [5.41, 5.74) is -0.213. The lowest BCUT2D eigenvalue weighted by molar-refractivity contribution is 0.0907. The van der Waals surface area contributed by atoms with Gasteiger partial charge in [-0.2, -0.15) is 4.31 Å². The highest BCUT2D eigenvalue weighted by Gasteiger charge is 2.45. The average Bonchev–Trinajstić information content (AvgIpc) is 2.74. The Hall–Kier alpha value is -1.67. The van der Waals surface area contributed by atoms with Crippen molar-refractivity contribution in [3.8, 4) is 0 Å². The molecule has 2 unspecified atom stereocenters. The average molecular weight is 339 g/mol. The van der Waals surface area contributed by atoms with Gasteiger partial charge in [-0.25, -0.2) is 8.42 Å². The van der Waals surface area contributed by atoms with E-state index in [1.54, 1.807) is 23.6 Å². The summed E-state index contributed by atoms with van der Waals surface area (Å²) in [6.07, 6.45) is 5.70. The molecule has 0 aliphatic carbocycles. The van der Waals surface area contributed by atoms with Gasteiger partial charge in [0.1, 0.15) is 5.56 Å². The van der Waals surface area contributed by atoms with Crippen LogP contribution in [-0.2, 0) is 17.1 Å². The van der Waals surface area contributed by atoms with Crippen LogP contribution in [0.2, 0.25) is 0 Å². The van der Waals surface area contributed by atoms with Gasteiger partial charge in [-0.1, -0.05) is 0 Å². The number of carbonyl (C=O) groups is 1. The highest BCUT2D eigenvalue weighted by molar-refractivity contribution is 7.88. The van der Waals surface area contributed by atoms with E-state index in [1.165, 1.54) is 16.9 Å². The van der Waals surface area contributed by atoms with Crippen LogP contribution in [-0.4, -0.2) is 47.6 Å². The second-order valence-electron chi connectivity index (χ2n) is 6.46. The molecule has 0 saturated carbocycles. The van der Waals surface area contributed by atoms with Crippen molar-refractivity contribution in [1.82, 2.24) is 14.2 Å². The standard InChI is InChI=1S/C15H21N3O4S/c1-17-7-3-4-13(15(17)20)14(19)16-10-8-11-5-6-12(9-10)18(11)23(2,21)22/h3-4,7,10-12H,5-6,8-9H2,1-2H3,(H,16,19). The van der Waals surface area contributed by atoms with E-state index in [2.05, 4.69) is 5.32 Å². The van der Waals surface area contributed by atoms with Crippen molar-refractivity contribution in [2.45, 2.75) is 43.8 Å². The van der Waals surface area contributed by atoms with Gasteiger partial charge in [0, 0.05) is 31.4 Å². The van der Waals surface area contributed by atoms with Crippen LogP contribution in [0.15, 0.2) is 23.1 Å². The molecule has 2 atom stereocenters. The molecule has 23 heavy (non-hydrogen) atoms. The molecule has 3 heterocycles. The van der Waals surface area contributed by atoms with Crippen LogP contribution in [0.25, 0.3) is 0 Å². The Balaban J connectivity index is 1.73. The molecule has 2 aliphatic rings. The number of nitrogens with one attached hydrogen (secondary N) is 1. The van der Waals surface area contributed by atoms with Crippen molar-refractivity contribution in [2.75, 3.05) is 6.26 Å². The molecular weight excluding hydrogens is 318 g/mol. The highest BCUT2D eigenvalue weighted by atomic mass is 32.2. The zero-order valence-corrected chi connectivity index (χ0v) is 14.0. The van der Waals surface area contributed by atoms with Crippen LogP contribution in [0.3, 0.4) is 0 Å². The molecule has 1 aromatic heterocycles. The third-order valence-electron chi connectivity index (χ3n) is 4.75. The summed E-state index contributed by atoms with van der Waals surface area (Å²) in [7, 11) is -1.61. The van der Waals surface area contributed by atoms with Crippen LogP contribution in [0, 0.1) is 0 Å². The van der Waals surface area contributed by atoms with Crippen LogP contribution < -0.4 is 10.9 Å². The van der Waals surface area contributed by atoms with Crippen molar-refractivity contribution in [3.63, 3.8) is 0 Å². The number of pyridine rings is 1. The smallest absolute Gasteiger partial charge is 0.263 e. The lowest BCUT2D eigenvalue weighted by atomic mass is 9.99. The first-order chi connectivity index (χ1) is 10.8. The van der Waals surface area contributed by atoms with E-state index in [1.807, 2.05) is 0 Å². The predicted octanol–water partition coefficient (Wildman–Crippen LogP) is 0.0701. The van der Waals surface area contributed by atoms with Crippen LogP contribution in [0.4, 0.5) is 0 Å². The molecule has 7 nitrogen and oxygen atoms in total. The number of amides is 1. The lowest BCUT2D eigenvalue weighted by Gasteiger charge is -2.37. The Kier molecular flexibility index (Phi) is 4.05. The number of rotatable bonds is 3. The second kappa shape index (κ2) is 5.76. The summed E-state index contributed by atoms with van der Waals surface area (Å²) >= 11 is 0.